The maximum atomic E-state index is 9.77. The molecule has 24 heavy (non-hydrogen) atoms. The molecule has 1 saturated heterocycles. The van der Waals surface area contributed by atoms with Gasteiger partial charge in [-0.15, -0.1) is 0 Å². The summed E-state index contributed by atoms with van der Waals surface area (Å²) < 4.78 is 5.06. The summed E-state index contributed by atoms with van der Waals surface area (Å²) in [5, 5.41) is 10.5. The van der Waals surface area contributed by atoms with Crippen LogP contribution in [0.5, 0.6) is 6.01 Å². The van der Waals surface area contributed by atoms with Crippen LogP contribution >= 0.6 is 11.6 Å². The predicted molar refractivity (Wildman–Crippen MR) is 93.4 cm³/mol. The molecule has 0 radical (unpaired) electrons. The van der Waals surface area contributed by atoms with E-state index < -0.39 is 0 Å². The highest BCUT2D eigenvalue weighted by Crippen LogP contribution is 2.33. The van der Waals surface area contributed by atoms with Crippen molar-refractivity contribution in [2.75, 3.05) is 26.8 Å². The normalized spacial score (nSPS) is 21.2. The summed E-state index contributed by atoms with van der Waals surface area (Å²) in [7, 11) is 1.57. The molecule has 1 aromatic carbocycles. The SMILES string of the molecule is COc1ncc(CN2C[C@@H](CO)[C@H](c3ccc(Cl)cc3)C2)c(C)n1. The minimum absolute atomic E-state index is 0.182. The van der Waals surface area contributed by atoms with Crippen molar-refractivity contribution in [1.82, 2.24) is 14.9 Å². The van der Waals surface area contributed by atoms with E-state index in [-0.39, 0.29) is 12.5 Å². The van der Waals surface area contributed by atoms with Gasteiger partial charge in [0.25, 0.3) is 0 Å². The number of aliphatic hydroxyl groups is 1. The van der Waals surface area contributed by atoms with Crippen molar-refractivity contribution >= 4 is 11.6 Å². The smallest absolute Gasteiger partial charge is 0.316 e. The Labute approximate surface area is 147 Å². The molecule has 0 unspecified atom stereocenters. The number of benzene rings is 1. The predicted octanol–water partition coefficient (Wildman–Crippen LogP) is 2.65. The average molecular weight is 348 g/mol. The van der Waals surface area contributed by atoms with Gasteiger partial charge in [0.05, 0.1) is 7.11 Å². The molecule has 1 aliphatic heterocycles. The minimum Gasteiger partial charge on any atom is -0.467 e. The fraction of sp³-hybridized carbons (Fsp3) is 0.444. The van der Waals surface area contributed by atoms with Gasteiger partial charge < -0.3 is 9.84 Å². The Balaban J connectivity index is 1.73. The molecule has 0 spiro atoms. The zero-order valence-electron chi connectivity index (χ0n) is 13.9. The number of methoxy groups -OCH3 is 1. The molecule has 128 valence electrons. The largest absolute Gasteiger partial charge is 0.467 e. The average Bonchev–Trinajstić information content (AvgIpc) is 3.00. The molecular weight excluding hydrogens is 326 g/mol. The molecule has 5 nitrogen and oxygen atoms in total. The van der Waals surface area contributed by atoms with Crippen LogP contribution in [0, 0.1) is 12.8 Å². The first-order valence-corrected chi connectivity index (χ1v) is 8.43. The van der Waals surface area contributed by atoms with Gasteiger partial charge in [0.1, 0.15) is 0 Å². The Morgan fingerprint density at radius 2 is 2.04 bits per heavy atom. The van der Waals surface area contributed by atoms with Gasteiger partial charge in [0, 0.05) is 60.6 Å². The highest BCUT2D eigenvalue weighted by Gasteiger charge is 2.33. The number of hydrogen-bond acceptors (Lipinski definition) is 5. The molecule has 2 heterocycles. The molecule has 1 aliphatic rings. The molecule has 1 fully saturated rings. The zero-order valence-corrected chi connectivity index (χ0v) is 14.7. The second-order valence-corrected chi connectivity index (χ2v) is 6.70. The summed E-state index contributed by atoms with van der Waals surface area (Å²) in [6, 6.07) is 8.33. The van der Waals surface area contributed by atoms with Crippen LogP contribution in [-0.2, 0) is 6.54 Å². The summed E-state index contributed by atoms with van der Waals surface area (Å²) in [5.74, 6) is 0.539. The highest BCUT2D eigenvalue weighted by atomic mass is 35.5. The third-order valence-corrected chi connectivity index (χ3v) is 4.94. The Morgan fingerprint density at radius 3 is 2.67 bits per heavy atom. The number of aryl methyl sites for hydroxylation is 1. The number of likely N-dealkylation sites (tertiary alicyclic amines) is 1. The summed E-state index contributed by atoms with van der Waals surface area (Å²) in [6.45, 7) is 4.68. The summed E-state index contributed by atoms with van der Waals surface area (Å²) in [4.78, 5) is 10.9. The van der Waals surface area contributed by atoms with E-state index in [0.717, 1.165) is 35.9 Å². The Morgan fingerprint density at radius 1 is 1.29 bits per heavy atom. The lowest BCUT2D eigenvalue weighted by molar-refractivity contribution is 0.213. The number of nitrogens with zero attached hydrogens (tertiary/aromatic N) is 3. The maximum absolute atomic E-state index is 9.77. The van der Waals surface area contributed by atoms with Crippen molar-refractivity contribution in [3.8, 4) is 6.01 Å². The molecule has 2 atom stereocenters. The molecule has 1 N–H and O–H groups in total. The van der Waals surface area contributed by atoms with Crippen molar-refractivity contribution in [3.05, 3.63) is 52.3 Å². The lowest BCUT2D eigenvalue weighted by Gasteiger charge is -2.17. The third-order valence-electron chi connectivity index (χ3n) is 4.68. The Hall–Kier alpha value is -1.69. The third kappa shape index (κ3) is 3.69. The van der Waals surface area contributed by atoms with Gasteiger partial charge in [0.2, 0.25) is 0 Å². The first-order valence-electron chi connectivity index (χ1n) is 8.06. The summed E-state index contributed by atoms with van der Waals surface area (Å²) >= 11 is 5.98. The van der Waals surface area contributed by atoms with Gasteiger partial charge in [0.15, 0.2) is 0 Å². The molecule has 1 aromatic heterocycles. The topological polar surface area (TPSA) is 58.5 Å². The standard InChI is InChI=1S/C18H22ClN3O2/c1-12-14(7-20-18(21-12)24-2)8-22-9-15(11-23)17(10-22)13-3-5-16(19)6-4-13/h3-7,15,17,23H,8-11H2,1-2H3/t15-,17-/m0/s1. The minimum atomic E-state index is 0.182. The lowest BCUT2D eigenvalue weighted by Crippen LogP contribution is -2.22. The highest BCUT2D eigenvalue weighted by molar-refractivity contribution is 6.30. The molecule has 0 aliphatic carbocycles. The van der Waals surface area contributed by atoms with Crippen LogP contribution in [0.15, 0.2) is 30.5 Å². The van der Waals surface area contributed by atoms with Gasteiger partial charge >= 0.3 is 6.01 Å². The number of hydrogen-bond donors (Lipinski definition) is 1. The van der Waals surface area contributed by atoms with Gasteiger partial charge in [-0.2, -0.15) is 0 Å². The number of aliphatic hydroxyl groups excluding tert-OH is 1. The maximum Gasteiger partial charge on any atom is 0.316 e. The Bertz CT molecular complexity index is 693. The molecule has 0 saturated carbocycles. The van der Waals surface area contributed by atoms with E-state index in [1.54, 1.807) is 7.11 Å². The zero-order chi connectivity index (χ0) is 17.1. The van der Waals surface area contributed by atoms with Gasteiger partial charge in [-0.25, -0.2) is 9.97 Å². The molecule has 0 amide bonds. The van der Waals surface area contributed by atoms with E-state index in [9.17, 15) is 5.11 Å². The fourth-order valence-electron chi connectivity index (χ4n) is 3.33. The van der Waals surface area contributed by atoms with E-state index in [1.165, 1.54) is 5.56 Å². The van der Waals surface area contributed by atoms with E-state index in [2.05, 4.69) is 27.0 Å². The van der Waals surface area contributed by atoms with Gasteiger partial charge in [-0.05, 0) is 24.6 Å². The molecule has 0 bridgehead atoms. The first-order chi connectivity index (χ1) is 11.6. The van der Waals surface area contributed by atoms with Crippen LogP contribution in [0.3, 0.4) is 0 Å². The Kier molecular flexibility index (Phi) is 5.33. The fourth-order valence-corrected chi connectivity index (χ4v) is 3.45. The summed E-state index contributed by atoms with van der Waals surface area (Å²) in [5.41, 5.74) is 3.24. The molecule has 6 heteroatoms. The van der Waals surface area contributed by atoms with E-state index in [1.807, 2.05) is 25.3 Å². The van der Waals surface area contributed by atoms with E-state index >= 15 is 0 Å². The van der Waals surface area contributed by atoms with Crippen LogP contribution in [0.25, 0.3) is 0 Å². The second-order valence-electron chi connectivity index (χ2n) is 6.26. The van der Waals surface area contributed by atoms with Crippen molar-refractivity contribution in [1.29, 1.82) is 0 Å². The van der Waals surface area contributed by atoms with Gasteiger partial charge in [-0.3, -0.25) is 4.90 Å². The molecule has 3 rings (SSSR count). The summed E-state index contributed by atoms with van der Waals surface area (Å²) in [6.07, 6.45) is 1.82. The van der Waals surface area contributed by atoms with Crippen molar-refractivity contribution in [2.24, 2.45) is 5.92 Å². The van der Waals surface area contributed by atoms with Crippen LogP contribution in [0.4, 0.5) is 0 Å². The van der Waals surface area contributed by atoms with E-state index in [4.69, 9.17) is 16.3 Å². The quantitative estimate of drug-likeness (QED) is 0.901. The second kappa shape index (κ2) is 7.47. The lowest BCUT2D eigenvalue weighted by atomic mass is 9.90. The number of ether oxygens (including phenoxy) is 1. The van der Waals surface area contributed by atoms with Gasteiger partial charge in [-0.1, -0.05) is 23.7 Å². The van der Waals surface area contributed by atoms with Crippen molar-refractivity contribution < 1.29 is 9.84 Å². The van der Waals surface area contributed by atoms with Crippen LogP contribution in [0.1, 0.15) is 22.7 Å². The van der Waals surface area contributed by atoms with Crippen LogP contribution in [0.2, 0.25) is 5.02 Å². The van der Waals surface area contributed by atoms with Crippen LogP contribution in [-0.4, -0.2) is 46.8 Å². The molecule has 2 aromatic rings. The van der Waals surface area contributed by atoms with Crippen molar-refractivity contribution in [2.45, 2.75) is 19.4 Å². The number of rotatable bonds is 5. The van der Waals surface area contributed by atoms with Crippen LogP contribution < -0.4 is 4.74 Å². The van der Waals surface area contributed by atoms with E-state index in [0.29, 0.717) is 11.9 Å². The monoisotopic (exact) mass is 347 g/mol. The molecular formula is C18H22ClN3O2. The first kappa shape index (κ1) is 17.1. The van der Waals surface area contributed by atoms with Crippen molar-refractivity contribution in [3.63, 3.8) is 0 Å². The number of halogens is 1. The number of aromatic nitrogens is 2.